The molecule has 0 aromatic heterocycles. The van der Waals surface area contributed by atoms with Crippen LogP contribution in [-0.2, 0) is 20.4 Å². The Hall–Kier alpha value is -2.74. The number of carbonyl (C=O) groups is 2. The zero-order chi connectivity index (χ0) is 19.7. The van der Waals surface area contributed by atoms with E-state index in [2.05, 4.69) is 26.0 Å². The summed E-state index contributed by atoms with van der Waals surface area (Å²) in [5.41, 5.74) is 0.969. The van der Waals surface area contributed by atoms with Crippen molar-refractivity contribution in [2.45, 2.75) is 44.4 Å². The molecule has 2 atom stereocenters. The first-order chi connectivity index (χ1) is 12.9. The van der Waals surface area contributed by atoms with Crippen LogP contribution in [0, 0.1) is 0 Å². The number of benzene rings is 3. The third kappa shape index (κ3) is 2.99. The van der Waals surface area contributed by atoms with Crippen LogP contribution in [0.4, 0.5) is 0 Å². The minimum absolute atomic E-state index is 0.414. The third-order valence-corrected chi connectivity index (χ3v) is 6.08. The van der Waals surface area contributed by atoms with Crippen LogP contribution in [0.3, 0.4) is 0 Å². The molecule has 3 aromatic rings. The van der Waals surface area contributed by atoms with Crippen LogP contribution in [0.25, 0.3) is 10.8 Å². The van der Waals surface area contributed by atoms with Crippen LogP contribution in [0.15, 0.2) is 66.7 Å². The SMILES string of the molecule is CC(C)c1ccc(C(C)(C=O)C(C)(C=O)c2cccc3ccccc23)cc1. The van der Waals surface area contributed by atoms with Crippen LogP contribution in [0.5, 0.6) is 0 Å². The van der Waals surface area contributed by atoms with Crippen LogP contribution < -0.4 is 0 Å². The van der Waals surface area contributed by atoms with E-state index in [0.29, 0.717) is 5.92 Å². The molecular weight excluding hydrogens is 332 g/mol. The summed E-state index contributed by atoms with van der Waals surface area (Å²) in [5.74, 6) is 0.414. The lowest BCUT2D eigenvalue weighted by Gasteiger charge is -2.40. The van der Waals surface area contributed by atoms with Crippen molar-refractivity contribution in [2.24, 2.45) is 0 Å². The van der Waals surface area contributed by atoms with E-state index in [1.165, 1.54) is 5.56 Å². The summed E-state index contributed by atoms with van der Waals surface area (Å²) >= 11 is 0. The standard InChI is InChI=1S/C25H26O2/c1-18(2)19-12-14-21(15-13-19)24(3,16-26)25(4,17-27)23-11-7-9-20-8-5-6-10-22(20)23/h5-18H,1-4H3. The van der Waals surface area contributed by atoms with Crippen LogP contribution in [-0.4, -0.2) is 12.6 Å². The Bertz CT molecular complexity index is 966. The molecule has 0 saturated heterocycles. The molecule has 2 heteroatoms. The Balaban J connectivity index is 2.23. The Morgan fingerprint density at radius 3 is 1.93 bits per heavy atom. The Morgan fingerprint density at radius 2 is 1.33 bits per heavy atom. The highest BCUT2D eigenvalue weighted by Crippen LogP contribution is 2.44. The van der Waals surface area contributed by atoms with Crippen molar-refractivity contribution in [3.8, 4) is 0 Å². The zero-order valence-electron chi connectivity index (χ0n) is 16.4. The van der Waals surface area contributed by atoms with E-state index >= 15 is 0 Å². The molecule has 0 radical (unpaired) electrons. The van der Waals surface area contributed by atoms with Crippen LogP contribution >= 0.6 is 0 Å². The van der Waals surface area contributed by atoms with Crippen molar-refractivity contribution in [1.82, 2.24) is 0 Å². The highest BCUT2D eigenvalue weighted by atomic mass is 16.1. The molecule has 0 bridgehead atoms. The summed E-state index contributed by atoms with van der Waals surface area (Å²) in [6.07, 6.45) is 1.85. The first-order valence-electron chi connectivity index (χ1n) is 9.38. The normalized spacial score (nSPS) is 15.9. The predicted octanol–water partition coefficient (Wildman–Crippen LogP) is 5.58. The van der Waals surface area contributed by atoms with E-state index in [1.54, 1.807) is 0 Å². The van der Waals surface area contributed by atoms with Gasteiger partial charge in [0.1, 0.15) is 12.6 Å². The summed E-state index contributed by atoms with van der Waals surface area (Å²) < 4.78 is 0. The molecule has 0 aliphatic carbocycles. The molecule has 0 aliphatic rings. The van der Waals surface area contributed by atoms with Gasteiger partial charge in [0.15, 0.2) is 0 Å². The lowest BCUT2D eigenvalue weighted by Crippen LogP contribution is -2.48. The average molecular weight is 358 g/mol. The van der Waals surface area contributed by atoms with Gasteiger partial charge in [-0.05, 0) is 47.2 Å². The maximum atomic E-state index is 12.5. The molecule has 27 heavy (non-hydrogen) atoms. The fourth-order valence-corrected chi connectivity index (χ4v) is 3.85. The molecule has 0 saturated carbocycles. The summed E-state index contributed by atoms with van der Waals surface area (Å²) in [6, 6.07) is 22.0. The first kappa shape index (κ1) is 19.0. The lowest BCUT2D eigenvalue weighted by atomic mass is 9.59. The van der Waals surface area contributed by atoms with Crippen molar-refractivity contribution >= 4 is 23.3 Å². The van der Waals surface area contributed by atoms with E-state index in [9.17, 15) is 9.59 Å². The van der Waals surface area contributed by atoms with Gasteiger partial charge in [0.05, 0.1) is 10.8 Å². The van der Waals surface area contributed by atoms with Gasteiger partial charge in [-0.2, -0.15) is 0 Å². The van der Waals surface area contributed by atoms with E-state index in [1.807, 2.05) is 68.4 Å². The van der Waals surface area contributed by atoms with Crippen LogP contribution in [0.1, 0.15) is 50.3 Å². The Morgan fingerprint density at radius 1 is 0.741 bits per heavy atom. The van der Waals surface area contributed by atoms with E-state index in [4.69, 9.17) is 0 Å². The monoisotopic (exact) mass is 358 g/mol. The van der Waals surface area contributed by atoms with E-state index in [-0.39, 0.29) is 0 Å². The molecule has 3 aromatic carbocycles. The van der Waals surface area contributed by atoms with Gasteiger partial charge < -0.3 is 9.59 Å². The average Bonchev–Trinajstić information content (AvgIpc) is 2.72. The van der Waals surface area contributed by atoms with Crippen molar-refractivity contribution in [3.05, 3.63) is 83.4 Å². The summed E-state index contributed by atoms with van der Waals surface area (Å²) in [7, 11) is 0. The molecule has 2 unspecified atom stereocenters. The van der Waals surface area contributed by atoms with Gasteiger partial charge in [-0.25, -0.2) is 0 Å². The summed E-state index contributed by atoms with van der Waals surface area (Å²) in [6.45, 7) is 8.01. The minimum Gasteiger partial charge on any atom is -0.302 e. The second-order valence-electron chi connectivity index (χ2n) is 7.94. The van der Waals surface area contributed by atoms with Gasteiger partial charge in [0.2, 0.25) is 0 Å². The molecule has 2 nitrogen and oxygen atoms in total. The quantitative estimate of drug-likeness (QED) is 0.539. The lowest BCUT2D eigenvalue weighted by molar-refractivity contribution is -0.121. The summed E-state index contributed by atoms with van der Waals surface area (Å²) in [5, 5.41) is 2.06. The molecule has 138 valence electrons. The smallest absolute Gasteiger partial charge is 0.131 e. The predicted molar refractivity (Wildman–Crippen MR) is 111 cm³/mol. The molecular formula is C25H26O2. The second kappa shape index (κ2) is 7.11. The van der Waals surface area contributed by atoms with Gasteiger partial charge in [-0.1, -0.05) is 80.6 Å². The maximum Gasteiger partial charge on any atom is 0.131 e. The van der Waals surface area contributed by atoms with Crippen molar-refractivity contribution in [2.75, 3.05) is 0 Å². The number of rotatable bonds is 6. The Kier molecular flexibility index (Phi) is 5.01. The fourth-order valence-electron chi connectivity index (χ4n) is 3.85. The van der Waals surface area contributed by atoms with Gasteiger partial charge >= 0.3 is 0 Å². The first-order valence-corrected chi connectivity index (χ1v) is 9.38. The third-order valence-electron chi connectivity index (χ3n) is 6.08. The van der Waals surface area contributed by atoms with Gasteiger partial charge in [-0.15, -0.1) is 0 Å². The topological polar surface area (TPSA) is 34.1 Å². The second-order valence-corrected chi connectivity index (χ2v) is 7.94. The van der Waals surface area contributed by atoms with E-state index in [0.717, 1.165) is 34.5 Å². The number of fused-ring (bicyclic) bond motifs is 1. The minimum atomic E-state index is -0.991. The summed E-state index contributed by atoms with van der Waals surface area (Å²) in [4.78, 5) is 24.9. The number of hydrogen-bond donors (Lipinski definition) is 0. The number of carbonyl (C=O) groups excluding carboxylic acids is 2. The zero-order valence-corrected chi connectivity index (χ0v) is 16.4. The fraction of sp³-hybridized carbons (Fsp3) is 0.280. The highest BCUT2D eigenvalue weighted by molar-refractivity contribution is 5.93. The Labute approximate surface area is 161 Å². The van der Waals surface area contributed by atoms with E-state index < -0.39 is 10.8 Å². The van der Waals surface area contributed by atoms with Gasteiger partial charge in [-0.3, -0.25) is 0 Å². The molecule has 0 spiro atoms. The molecule has 0 aliphatic heterocycles. The number of hydrogen-bond acceptors (Lipinski definition) is 2. The molecule has 0 amide bonds. The number of aldehydes is 2. The maximum absolute atomic E-state index is 12.5. The van der Waals surface area contributed by atoms with Gasteiger partial charge in [0, 0.05) is 0 Å². The largest absolute Gasteiger partial charge is 0.302 e. The van der Waals surface area contributed by atoms with Crippen LogP contribution in [0.2, 0.25) is 0 Å². The van der Waals surface area contributed by atoms with Crippen molar-refractivity contribution in [3.63, 3.8) is 0 Å². The van der Waals surface area contributed by atoms with Crippen molar-refractivity contribution < 1.29 is 9.59 Å². The highest BCUT2D eigenvalue weighted by Gasteiger charge is 2.48. The molecule has 3 rings (SSSR count). The van der Waals surface area contributed by atoms with Gasteiger partial charge in [0.25, 0.3) is 0 Å². The van der Waals surface area contributed by atoms with Crippen molar-refractivity contribution in [1.29, 1.82) is 0 Å². The molecule has 0 fully saturated rings. The molecule has 0 N–H and O–H groups in total. The molecule has 0 heterocycles.